The van der Waals surface area contributed by atoms with Gasteiger partial charge in [-0.25, -0.2) is 0 Å². The Hall–Kier alpha value is -2.86. The van der Waals surface area contributed by atoms with Crippen LogP contribution in [0.5, 0.6) is 0 Å². The van der Waals surface area contributed by atoms with E-state index in [2.05, 4.69) is 5.16 Å². The van der Waals surface area contributed by atoms with Gasteiger partial charge in [-0.2, -0.15) is 0 Å². The van der Waals surface area contributed by atoms with Gasteiger partial charge >= 0.3 is 0 Å². The molecule has 0 bridgehead atoms. The normalized spacial score (nSPS) is 10.9. The first-order valence-electron chi connectivity index (χ1n) is 8.11. The van der Waals surface area contributed by atoms with E-state index < -0.39 is 4.92 Å². The predicted octanol–water partition coefficient (Wildman–Crippen LogP) is 4.89. The van der Waals surface area contributed by atoms with Crippen molar-refractivity contribution in [3.63, 3.8) is 0 Å². The molecule has 3 aromatic rings. The molecule has 0 aliphatic carbocycles. The van der Waals surface area contributed by atoms with Gasteiger partial charge in [0.25, 0.3) is 5.69 Å². The highest BCUT2D eigenvalue weighted by molar-refractivity contribution is 6.30. The van der Waals surface area contributed by atoms with Crippen molar-refractivity contribution >= 4 is 23.0 Å². The molecule has 0 saturated heterocycles. The van der Waals surface area contributed by atoms with E-state index in [9.17, 15) is 10.1 Å². The average molecular weight is 372 g/mol. The summed E-state index contributed by atoms with van der Waals surface area (Å²) < 4.78 is 5.20. The van der Waals surface area contributed by atoms with Crippen molar-refractivity contribution in [3.05, 3.63) is 74.1 Å². The number of benzene rings is 2. The van der Waals surface area contributed by atoms with Gasteiger partial charge in [-0.3, -0.25) is 10.1 Å². The fourth-order valence-electron chi connectivity index (χ4n) is 3.02. The summed E-state index contributed by atoms with van der Waals surface area (Å²) in [7, 11) is 0. The summed E-state index contributed by atoms with van der Waals surface area (Å²) in [6.45, 7) is 3.59. The lowest BCUT2D eigenvalue weighted by Gasteiger charge is -2.10. The van der Waals surface area contributed by atoms with Crippen molar-refractivity contribution in [1.82, 2.24) is 5.16 Å². The summed E-state index contributed by atoms with van der Waals surface area (Å²) >= 11 is 5.91. The highest BCUT2D eigenvalue weighted by Gasteiger charge is 2.21. The zero-order chi connectivity index (χ0) is 18.8. The Labute approximate surface area is 155 Å². The maximum absolute atomic E-state index is 11.4. The molecule has 6 nitrogen and oxygen atoms in total. The summed E-state index contributed by atoms with van der Waals surface area (Å²) in [6.07, 6.45) is 1.27. The Kier molecular flexibility index (Phi) is 4.95. The van der Waals surface area contributed by atoms with E-state index in [1.54, 1.807) is 13.8 Å². The van der Waals surface area contributed by atoms with Gasteiger partial charge in [-0.1, -0.05) is 28.9 Å². The van der Waals surface area contributed by atoms with Gasteiger partial charge in [-0.15, -0.1) is 0 Å². The number of hydrogen-bond donors (Lipinski definition) is 1. The van der Waals surface area contributed by atoms with Crippen LogP contribution in [-0.2, 0) is 12.8 Å². The second-order valence-electron chi connectivity index (χ2n) is 6.15. The lowest BCUT2D eigenvalue weighted by molar-refractivity contribution is -0.383. The maximum atomic E-state index is 11.4. The van der Waals surface area contributed by atoms with E-state index in [0.29, 0.717) is 34.9 Å². The van der Waals surface area contributed by atoms with Crippen LogP contribution in [0.25, 0.3) is 11.1 Å². The Balaban J connectivity index is 2.00. The molecule has 0 radical (unpaired) electrons. The molecule has 0 unspecified atom stereocenters. The molecule has 3 rings (SSSR count). The number of nitro benzene ring substituents is 1. The molecule has 0 amide bonds. The first kappa shape index (κ1) is 17.9. The van der Waals surface area contributed by atoms with Crippen LogP contribution in [0.2, 0.25) is 5.02 Å². The van der Waals surface area contributed by atoms with Crippen molar-refractivity contribution in [3.8, 4) is 11.1 Å². The van der Waals surface area contributed by atoms with Crippen LogP contribution in [0.3, 0.4) is 0 Å². The second-order valence-corrected chi connectivity index (χ2v) is 6.59. The van der Waals surface area contributed by atoms with Crippen molar-refractivity contribution in [2.75, 3.05) is 5.73 Å². The van der Waals surface area contributed by atoms with Crippen LogP contribution in [0.1, 0.15) is 22.6 Å². The van der Waals surface area contributed by atoms with E-state index >= 15 is 0 Å². The zero-order valence-electron chi connectivity index (χ0n) is 14.5. The van der Waals surface area contributed by atoms with E-state index in [4.69, 9.17) is 21.9 Å². The summed E-state index contributed by atoms with van der Waals surface area (Å²) in [5, 5.41) is 16.1. The Morgan fingerprint density at radius 2 is 1.88 bits per heavy atom. The zero-order valence-corrected chi connectivity index (χ0v) is 15.2. The topological polar surface area (TPSA) is 95.2 Å². The van der Waals surface area contributed by atoms with Gasteiger partial charge in [0.1, 0.15) is 11.4 Å². The molecule has 0 aliphatic rings. The molecule has 0 aliphatic heterocycles. The molecular formula is C19H18ClN3O3. The highest BCUT2D eigenvalue weighted by Crippen LogP contribution is 2.35. The molecule has 0 atom stereocenters. The van der Waals surface area contributed by atoms with Gasteiger partial charge in [0.2, 0.25) is 0 Å². The SMILES string of the molecule is Cc1noc(C)c1-c1cc(CCc2ccc(Cl)cc2)c(N)c([N+](=O)[O-])c1. The standard InChI is InChI=1S/C19H18ClN3O3/c1-11-18(12(2)26-22-11)15-9-14(19(21)17(10-15)23(24)25)6-3-13-4-7-16(20)8-5-13/h4-5,7-10H,3,6,21H2,1-2H3. The van der Waals surface area contributed by atoms with Crippen LogP contribution in [-0.4, -0.2) is 10.1 Å². The molecule has 1 aromatic heterocycles. The van der Waals surface area contributed by atoms with Crippen molar-refractivity contribution in [1.29, 1.82) is 0 Å². The van der Waals surface area contributed by atoms with E-state index in [1.807, 2.05) is 30.3 Å². The lowest BCUT2D eigenvalue weighted by atomic mass is 9.96. The minimum atomic E-state index is -0.456. The van der Waals surface area contributed by atoms with Crippen molar-refractivity contribution in [2.45, 2.75) is 26.7 Å². The van der Waals surface area contributed by atoms with Gasteiger partial charge in [0, 0.05) is 16.7 Å². The Morgan fingerprint density at radius 1 is 1.19 bits per heavy atom. The van der Waals surface area contributed by atoms with Gasteiger partial charge < -0.3 is 10.3 Å². The fraction of sp³-hybridized carbons (Fsp3) is 0.211. The maximum Gasteiger partial charge on any atom is 0.293 e. The van der Waals surface area contributed by atoms with Crippen LogP contribution in [0, 0.1) is 24.0 Å². The second kappa shape index (κ2) is 7.17. The largest absolute Gasteiger partial charge is 0.393 e. The number of rotatable bonds is 5. The van der Waals surface area contributed by atoms with Gasteiger partial charge in [0.15, 0.2) is 0 Å². The van der Waals surface area contributed by atoms with Crippen LogP contribution in [0.15, 0.2) is 40.9 Å². The third kappa shape index (κ3) is 3.55. The number of anilines is 1. The van der Waals surface area contributed by atoms with Crippen molar-refractivity contribution in [2.24, 2.45) is 0 Å². The van der Waals surface area contributed by atoms with Gasteiger partial charge in [0.05, 0.1) is 10.6 Å². The number of nitro groups is 1. The summed E-state index contributed by atoms with van der Waals surface area (Å²) in [6, 6.07) is 10.9. The molecule has 26 heavy (non-hydrogen) atoms. The molecular weight excluding hydrogens is 354 g/mol. The first-order chi connectivity index (χ1) is 12.4. The minimum Gasteiger partial charge on any atom is -0.393 e. The predicted molar refractivity (Wildman–Crippen MR) is 101 cm³/mol. The summed E-state index contributed by atoms with van der Waals surface area (Å²) in [5.74, 6) is 0.616. The smallest absolute Gasteiger partial charge is 0.293 e. The van der Waals surface area contributed by atoms with E-state index in [-0.39, 0.29) is 11.4 Å². The van der Waals surface area contributed by atoms with Crippen LogP contribution >= 0.6 is 11.6 Å². The molecule has 0 spiro atoms. The number of nitrogens with zero attached hydrogens (tertiary/aromatic N) is 2. The number of nitrogen functional groups attached to an aromatic ring is 1. The molecule has 0 fully saturated rings. The molecule has 7 heteroatoms. The number of aromatic nitrogens is 1. The third-order valence-corrected chi connectivity index (χ3v) is 4.61. The number of halogens is 1. The minimum absolute atomic E-state index is 0.103. The Bertz CT molecular complexity index is 945. The van der Waals surface area contributed by atoms with E-state index in [1.165, 1.54) is 6.07 Å². The molecule has 1 heterocycles. The third-order valence-electron chi connectivity index (χ3n) is 4.36. The fourth-order valence-corrected chi connectivity index (χ4v) is 3.15. The van der Waals surface area contributed by atoms with Gasteiger partial charge in [-0.05, 0) is 61.6 Å². The molecule has 134 valence electrons. The summed E-state index contributed by atoms with van der Waals surface area (Å²) in [5.41, 5.74) is 10.1. The number of nitrogens with two attached hydrogens (primary N) is 1. The number of hydrogen-bond acceptors (Lipinski definition) is 5. The van der Waals surface area contributed by atoms with Crippen molar-refractivity contribution < 1.29 is 9.45 Å². The monoisotopic (exact) mass is 371 g/mol. The molecule has 2 aromatic carbocycles. The highest BCUT2D eigenvalue weighted by atomic mass is 35.5. The quantitative estimate of drug-likeness (QED) is 0.391. The number of aryl methyl sites for hydroxylation is 4. The Morgan fingerprint density at radius 3 is 2.46 bits per heavy atom. The summed E-state index contributed by atoms with van der Waals surface area (Å²) in [4.78, 5) is 11.0. The van der Waals surface area contributed by atoms with Crippen LogP contribution in [0.4, 0.5) is 11.4 Å². The van der Waals surface area contributed by atoms with Crippen LogP contribution < -0.4 is 5.73 Å². The first-order valence-corrected chi connectivity index (χ1v) is 8.49. The molecule has 0 saturated carbocycles. The van der Waals surface area contributed by atoms with E-state index in [0.717, 1.165) is 16.7 Å². The average Bonchev–Trinajstić information content (AvgIpc) is 2.94. The molecule has 2 N–H and O–H groups in total. The lowest BCUT2D eigenvalue weighted by Crippen LogP contribution is -2.03.